The summed E-state index contributed by atoms with van der Waals surface area (Å²) in [6.07, 6.45) is 7.20. The second kappa shape index (κ2) is 13.1. The molecular weight excluding hydrogens is 476 g/mol. The van der Waals surface area contributed by atoms with Gasteiger partial charge in [0.2, 0.25) is 5.91 Å². The predicted octanol–water partition coefficient (Wildman–Crippen LogP) is 7.47. The molecule has 37 heavy (non-hydrogen) atoms. The van der Waals surface area contributed by atoms with Crippen LogP contribution in [0.1, 0.15) is 31.7 Å². The molecule has 0 spiro atoms. The fourth-order valence-electron chi connectivity index (χ4n) is 4.34. The second-order valence-corrected chi connectivity index (χ2v) is 10.5. The Labute approximate surface area is 224 Å². The van der Waals surface area contributed by atoms with E-state index in [4.69, 9.17) is 0 Å². The molecule has 4 nitrogen and oxygen atoms in total. The summed E-state index contributed by atoms with van der Waals surface area (Å²) in [6.45, 7) is 2.81. The van der Waals surface area contributed by atoms with Crippen LogP contribution in [0, 0.1) is 0 Å². The van der Waals surface area contributed by atoms with Crippen LogP contribution in [0.3, 0.4) is 0 Å². The SMILES string of the molecule is CCCCC(Sc1cc(-c2ccccc2)c(O)c(-c2ccccc2)c1)C(=O)N(C)CCc1ccncc1. The van der Waals surface area contributed by atoms with Crippen LogP contribution in [0.25, 0.3) is 22.3 Å². The van der Waals surface area contributed by atoms with Crippen molar-refractivity contribution in [1.82, 2.24) is 9.88 Å². The Morgan fingerprint density at radius 1 is 0.919 bits per heavy atom. The van der Waals surface area contributed by atoms with Crippen molar-refractivity contribution in [2.75, 3.05) is 13.6 Å². The molecule has 5 heteroatoms. The number of nitrogens with zero attached hydrogens (tertiary/aromatic N) is 2. The van der Waals surface area contributed by atoms with Crippen LogP contribution in [0.4, 0.5) is 0 Å². The molecule has 1 atom stereocenters. The number of pyridine rings is 1. The molecule has 4 aromatic rings. The van der Waals surface area contributed by atoms with Gasteiger partial charge in [-0.15, -0.1) is 11.8 Å². The highest BCUT2D eigenvalue weighted by atomic mass is 32.2. The number of hydrogen-bond acceptors (Lipinski definition) is 4. The summed E-state index contributed by atoms with van der Waals surface area (Å²) in [6, 6.07) is 27.9. The Balaban J connectivity index is 1.63. The first-order valence-corrected chi connectivity index (χ1v) is 13.7. The van der Waals surface area contributed by atoms with Crippen LogP contribution in [-0.4, -0.2) is 39.7 Å². The van der Waals surface area contributed by atoms with E-state index in [0.717, 1.165) is 52.8 Å². The standard InChI is InChI=1S/C32H34N2O2S/c1-3-4-15-30(32(36)34(2)21-18-24-16-19-33-20-17-24)37-27-22-28(25-11-7-5-8-12-25)31(35)29(23-27)26-13-9-6-10-14-26/h5-14,16-17,19-20,22-23,30,35H,3-4,15,18,21H2,1-2H3. The first-order valence-electron chi connectivity index (χ1n) is 12.8. The average molecular weight is 511 g/mol. The fraction of sp³-hybridized carbons (Fsp3) is 0.250. The molecule has 0 radical (unpaired) electrons. The number of rotatable bonds is 11. The van der Waals surface area contributed by atoms with E-state index >= 15 is 0 Å². The molecule has 0 bridgehead atoms. The van der Waals surface area contributed by atoms with E-state index in [0.29, 0.717) is 6.54 Å². The number of carbonyl (C=O) groups is 1. The van der Waals surface area contributed by atoms with Gasteiger partial charge in [0, 0.05) is 42.0 Å². The Bertz CT molecular complexity index is 1220. The first-order chi connectivity index (χ1) is 18.1. The fourth-order valence-corrected chi connectivity index (χ4v) is 5.61. The minimum atomic E-state index is -0.195. The minimum absolute atomic E-state index is 0.142. The summed E-state index contributed by atoms with van der Waals surface area (Å²) in [4.78, 5) is 20.5. The second-order valence-electron chi connectivity index (χ2n) is 9.21. The third kappa shape index (κ3) is 7.01. The third-order valence-electron chi connectivity index (χ3n) is 6.49. The van der Waals surface area contributed by atoms with E-state index in [-0.39, 0.29) is 16.9 Å². The normalized spacial score (nSPS) is 11.7. The van der Waals surface area contributed by atoms with Crippen molar-refractivity contribution in [3.05, 3.63) is 103 Å². The highest BCUT2D eigenvalue weighted by Gasteiger charge is 2.24. The van der Waals surface area contributed by atoms with Gasteiger partial charge in [-0.2, -0.15) is 0 Å². The van der Waals surface area contributed by atoms with E-state index in [9.17, 15) is 9.90 Å². The highest BCUT2D eigenvalue weighted by Crippen LogP contribution is 2.42. The van der Waals surface area contributed by atoms with Crippen LogP contribution in [0.2, 0.25) is 0 Å². The Hall–Kier alpha value is -3.57. The Kier molecular flexibility index (Phi) is 9.39. The topological polar surface area (TPSA) is 53.4 Å². The largest absolute Gasteiger partial charge is 0.507 e. The molecule has 0 saturated heterocycles. The molecule has 0 saturated carbocycles. The van der Waals surface area contributed by atoms with Crippen molar-refractivity contribution in [3.8, 4) is 28.0 Å². The molecule has 190 valence electrons. The van der Waals surface area contributed by atoms with Gasteiger partial charge in [0.25, 0.3) is 0 Å². The quantitative estimate of drug-likeness (QED) is 0.213. The maximum absolute atomic E-state index is 13.6. The van der Waals surface area contributed by atoms with Gasteiger partial charge in [0.05, 0.1) is 5.25 Å². The van der Waals surface area contributed by atoms with Crippen LogP contribution in [0.15, 0.2) is 102 Å². The van der Waals surface area contributed by atoms with E-state index in [1.165, 1.54) is 5.56 Å². The van der Waals surface area contributed by atoms with Crippen molar-refractivity contribution >= 4 is 17.7 Å². The van der Waals surface area contributed by atoms with Gasteiger partial charge >= 0.3 is 0 Å². The van der Waals surface area contributed by atoms with E-state index < -0.39 is 0 Å². The van der Waals surface area contributed by atoms with Crippen LogP contribution < -0.4 is 0 Å². The van der Waals surface area contributed by atoms with Crippen LogP contribution in [0.5, 0.6) is 5.75 Å². The molecule has 3 aromatic carbocycles. The summed E-state index contributed by atoms with van der Waals surface area (Å²) in [7, 11) is 1.89. The number of benzene rings is 3. The number of aromatic hydroxyl groups is 1. The Morgan fingerprint density at radius 3 is 2.03 bits per heavy atom. The Morgan fingerprint density at radius 2 is 1.49 bits per heavy atom. The van der Waals surface area contributed by atoms with Gasteiger partial charge in [-0.1, -0.05) is 80.4 Å². The lowest BCUT2D eigenvalue weighted by Crippen LogP contribution is -2.36. The number of aromatic nitrogens is 1. The average Bonchev–Trinajstić information content (AvgIpc) is 2.95. The van der Waals surface area contributed by atoms with Gasteiger partial charge in [-0.3, -0.25) is 9.78 Å². The molecule has 1 aromatic heterocycles. The summed E-state index contributed by atoms with van der Waals surface area (Å²) in [5.74, 6) is 0.399. The van der Waals surface area contributed by atoms with E-state index in [2.05, 4.69) is 11.9 Å². The molecule has 1 N–H and O–H groups in total. The molecule has 0 aliphatic heterocycles. The number of phenolic OH excluding ortho intramolecular Hbond substituents is 1. The van der Waals surface area contributed by atoms with Gasteiger partial charge in [-0.25, -0.2) is 0 Å². The number of amides is 1. The van der Waals surface area contributed by atoms with Gasteiger partial charge in [0.1, 0.15) is 5.75 Å². The van der Waals surface area contributed by atoms with E-state index in [1.54, 1.807) is 24.2 Å². The zero-order chi connectivity index (χ0) is 26.0. The zero-order valence-corrected chi connectivity index (χ0v) is 22.3. The number of carbonyl (C=O) groups excluding carboxylic acids is 1. The summed E-state index contributed by atoms with van der Waals surface area (Å²) in [5, 5.41) is 11.1. The molecule has 1 unspecified atom stereocenters. The molecule has 0 aliphatic carbocycles. The number of likely N-dealkylation sites (N-methyl/N-ethyl adjacent to an activating group) is 1. The molecule has 1 amide bonds. The van der Waals surface area contributed by atoms with Crippen LogP contribution in [-0.2, 0) is 11.2 Å². The lowest BCUT2D eigenvalue weighted by molar-refractivity contribution is -0.129. The van der Waals surface area contributed by atoms with Crippen molar-refractivity contribution in [1.29, 1.82) is 0 Å². The predicted molar refractivity (Wildman–Crippen MR) is 154 cm³/mol. The smallest absolute Gasteiger partial charge is 0.235 e. The first kappa shape index (κ1) is 26.5. The summed E-state index contributed by atoms with van der Waals surface area (Å²) < 4.78 is 0. The van der Waals surface area contributed by atoms with Crippen molar-refractivity contribution < 1.29 is 9.90 Å². The monoisotopic (exact) mass is 510 g/mol. The van der Waals surface area contributed by atoms with Crippen molar-refractivity contribution in [2.24, 2.45) is 0 Å². The highest BCUT2D eigenvalue weighted by molar-refractivity contribution is 8.00. The van der Waals surface area contributed by atoms with Gasteiger partial charge in [-0.05, 0) is 53.8 Å². The number of phenols is 1. The summed E-state index contributed by atoms with van der Waals surface area (Å²) in [5.41, 5.74) is 4.62. The van der Waals surface area contributed by atoms with Gasteiger partial charge < -0.3 is 10.0 Å². The molecule has 0 aliphatic rings. The molecule has 1 heterocycles. The van der Waals surface area contributed by atoms with Crippen molar-refractivity contribution in [2.45, 2.75) is 42.8 Å². The molecule has 0 fully saturated rings. The minimum Gasteiger partial charge on any atom is -0.507 e. The number of unbranched alkanes of at least 4 members (excludes halogenated alkanes) is 1. The number of thioether (sulfide) groups is 1. The lowest BCUT2D eigenvalue weighted by atomic mass is 9.97. The van der Waals surface area contributed by atoms with Gasteiger partial charge in [0.15, 0.2) is 0 Å². The maximum Gasteiger partial charge on any atom is 0.235 e. The number of hydrogen-bond donors (Lipinski definition) is 1. The molecule has 4 rings (SSSR count). The zero-order valence-electron chi connectivity index (χ0n) is 21.5. The summed E-state index contributed by atoms with van der Waals surface area (Å²) >= 11 is 1.60. The third-order valence-corrected chi connectivity index (χ3v) is 7.72. The van der Waals surface area contributed by atoms with Crippen LogP contribution >= 0.6 is 11.8 Å². The van der Waals surface area contributed by atoms with E-state index in [1.807, 2.05) is 96.9 Å². The lowest BCUT2D eigenvalue weighted by Gasteiger charge is -2.24. The molecular formula is C32H34N2O2S. The van der Waals surface area contributed by atoms with Crippen molar-refractivity contribution in [3.63, 3.8) is 0 Å². The maximum atomic E-state index is 13.6.